The molecule has 1 atom stereocenters. The van der Waals surface area contributed by atoms with Gasteiger partial charge in [0.15, 0.2) is 0 Å². The maximum Gasteiger partial charge on any atom is 0.415 e. The standard InChI is InChI=1S/C22H22N4O2/c27-22-26(18-9-10-19-20(11-18)24-13-23-19)21(12-28-22)14-1-3-15(4-2-14)25(16-5-6-16)17-7-8-17/h1-4,9-11,13,16-17,21H,5-8,12H2,(H,23,24)/t21-/m1/s1. The molecular weight excluding hydrogens is 352 g/mol. The van der Waals surface area contributed by atoms with E-state index < -0.39 is 0 Å². The maximum atomic E-state index is 12.5. The Morgan fingerprint density at radius 3 is 2.50 bits per heavy atom. The molecule has 3 aliphatic rings. The number of hydrogen-bond donors (Lipinski definition) is 1. The summed E-state index contributed by atoms with van der Waals surface area (Å²) in [6.07, 6.45) is 6.61. The van der Waals surface area contributed by atoms with Crippen molar-refractivity contribution in [3.05, 3.63) is 54.4 Å². The number of amides is 1. The molecule has 2 aliphatic carbocycles. The fourth-order valence-corrected chi connectivity index (χ4v) is 4.32. The van der Waals surface area contributed by atoms with Gasteiger partial charge in [0.05, 0.1) is 29.1 Å². The number of aromatic nitrogens is 2. The number of imidazole rings is 1. The van der Waals surface area contributed by atoms with Crippen LogP contribution in [0, 0.1) is 0 Å². The van der Waals surface area contributed by atoms with Crippen molar-refractivity contribution in [2.45, 2.75) is 43.8 Å². The second kappa shape index (κ2) is 5.99. The van der Waals surface area contributed by atoms with Crippen molar-refractivity contribution in [3.8, 4) is 0 Å². The number of H-pyrrole nitrogens is 1. The van der Waals surface area contributed by atoms with Crippen LogP contribution in [0.15, 0.2) is 48.8 Å². The van der Waals surface area contributed by atoms with Crippen molar-refractivity contribution in [1.82, 2.24) is 9.97 Å². The number of hydrogen-bond acceptors (Lipinski definition) is 4. The minimum Gasteiger partial charge on any atom is -0.447 e. The van der Waals surface area contributed by atoms with Crippen LogP contribution in [0.25, 0.3) is 11.0 Å². The zero-order chi connectivity index (χ0) is 18.7. The maximum absolute atomic E-state index is 12.5. The van der Waals surface area contributed by atoms with Crippen molar-refractivity contribution in [2.24, 2.45) is 0 Å². The van der Waals surface area contributed by atoms with Crippen LogP contribution in [-0.2, 0) is 4.74 Å². The summed E-state index contributed by atoms with van der Waals surface area (Å²) in [6, 6.07) is 15.9. The number of carbonyl (C=O) groups excluding carboxylic acids is 1. The summed E-state index contributed by atoms with van der Waals surface area (Å²) in [5.41, 5.74) is 5.02. The Labute approximate surface area is 163 Å². The average molecular weight is 374 g/mol. The van der Waals surface area contributed by atoms with Gasteiger partial charge in [-0.2, -0.15) is 0 Å². The molecule has 0 radical (unpaired) electrons. The number of aromatic amines is 1. The second-order valence-electron chi connectivity index (χ2n) is 8.03. The van der Waals surface area contributed by atoms with E-state index in [9.17, 15) is 4.79 Å². The van der Waals surface area contributed by atoms with Gasteiger partial charge in [-0.15, -0.1) is 0 Å². The van der Waals surface area contributed by atoms with Gasteiger partial charge in [-0.1, -0.05) is 12.1 Å². The lowest BCUT2D eigenvalue weighted by Gasteiger charge is -2.26. The van der Waals surface area contributed by atoms with Crippen molar-refractivity contribution in [2.75, 3.05) is 16.4 Å². The molecule has 6 nitrogen and oxygen atoms in total. The predicted octanol–water partition coefficient (Wildman–Crippen LogP) is 4.39. The Kier molecular flexibility index (Phi) is 3.42. The van der Waals surface area contributed by atoms with Gasteiger partial charge in [0, 0.05) is 17.8 Å². The Morgan fingerprint density at radius 1 is 1.04 bits per heavy atom. The first-order chi connectivity index (χ1) is 13.8. The third-order valence-electron chi connectivity index (χ3n) is 6.01. The van der Waals surface area contributed by atoms with E-state index in [2.05, 4.69) is 39.1 Å². The van der Waals surface area contributed by atoms with E-state index in [0.717, 1.165) is 34.4 Å². The first kappa shape index (κ1) is 16.0. The number of ether oxygens (including phenoxy) is 1. The molecular formula is C22H22N4O2. The Bertz CT molecular complexity index is 1020. The van der Waals surface area contributed by atoms with Gasteiger partial charge in [0.2, 0.25) is 0 Å². The number of nitrogens with zero attached hydrogens (tertiary/aromatic N) is 3. The van der Waals surface area contributed by atoms with Gasteiger partial charge in [0.1, 0.15) is 6.61 Å². The lowest BCUT2D eigenvalue weighted by atomic mass is 10.1. The summed E-state index contributed by atoms with van der Waals surface area (Å²) < 4.78 is 5.40. The average Bonchev–Trinajstić information content (AvgIpc) is 3.64. The van der Waals surface area contributed by atoms with E-state index >= 15 is 0 Å². The van der Waals surface area contributed by atoms with Gasteiger partial charge in [-0.25, -0.2) is 9.78 Å². The monoisotopic (exact) mass is 374 g/mol. The minimum atomic E-state index is -0.304. The summed E-state index contributed by atoms with van der Waals surface area (Å²) in [7, 11) is 0. The van der Waals surface area contributed by atoms with Crippen LogP contribution in [0.4, 0.5) is 16.2 Å². The van der Waals surface area contributed by atoms with Crippen LogP contribution < -0.4 is 9.80 Å². The van der Waals surface area contributed by atoms with Gasteiger partial charge in [0.25, 0.3) is 0 Å². The molecule has 1 amide bonds. The molecule has 0 bridgehead atoms. The first-order valence-electron chi connectivity index (χ1n) is 10.1. The molecule has 0 unspecified atom stereocenters. The third kappa shape index (κ3) is 2.63. The van der Waals surface area contributed by atoms with E-state index in [1.165, 1.54) is 31.4 Å². The fourth-order valence-electron chi connectivity index (χ4n) is 4.32. The highest BCUT2D eigenvalue weighted by molar-refractivity contribution is 5.93. The molecule has 1 aliphatic heterocycles. The van der Waals surface area contributed by atoms with Gasteiger partial charge >= 0.3 is 6.09 Å². The molecule has 6 heteroatoms. The second-order valence-corrected chi connectivity index (χ2v) is 8.03. The lowest BCUT2D eigenvalue weighted by molar-refractivity contribution is 0.179. The largest absolute Gasteiger partial charge is 0.447 e. The van der Waals surface area contributed by atoms with E-state index in [1.54, 1.807) is 11.2 Å². The highest BCUT2D eigenvalue weighted by Gasteiger charge is 2.40. The van der Waals surface area contributed by atoms with Gasteiger partial charge in [-0.05, 0) is 61.6 Å². The first-order valence-corrected chi connectivity index (χ1v) is 10.1. The summed E-state index contributed by atoms with van der Waals surface area (Å²) in [4.78, 5) is 24.2. The molecule has 3 fully saturated rings. The van der Waals surface area contributed by atoms with Gasteiger partial charge < -0.3 is 14.6 Å². The molecule has 1 saturated heterocycles. The molecule has 6 rings (SSSR count). The van der Waals surface area contributed by atoms with Crippen LogP contribution >= 0.6 is 0 Å². The highest BCUT2D eigenvalue weighted by Crippen LogP contribution is 2.41. The topological polar surface area (TPSA) is 61.5 Å². The number of rotatable bonds is 5. The third-order valence-corrected chi connectivity index (χ3v) is 6.01. The molecule has 2 aromatic carbocycles. The summed E-state index contributed by atoms with van der Waals surface area (Å²) in [6.45, 7) is 0.367. The van der Waals surface area contributed by atoms with Gasteiger partial charge in [-0.3, -0.25) is 4.90 Å². The van der Waals surface area contributed by atoms with Crippen molar-refractivity contribution in [1.29, 1.82) is 0 Å². The number of nitrogens with one attached hydrogen (secondary N) is 1. The van der Waals surface area contributed by atoms with Crippen molar-refractivity contribution in [3.63, 3.8) is 0 Å². The lowest BCUT2D eigenvalue weighted by Crippen LogP contribution is -2.28. The number of fused-ring (bicyclic) bond motifs is 1. The molecule has 2 heterocycles. The quantitative estimate of drug-likeness (QED) is 0.719. The van der Waals surface area contributed by atoms with Crippen LogP contribution in [-0.4, -0.2) is 34.8 Å². The molecule has 0 spiro atoms. The van der Waals surface area contributed by atoms with E-state index in [1.807, 2.05) is 18.2 Å². The number of anilines is 2. The molecule has 28 heavy (non-hydrogen) atoms. The normalized spacial score (nSPS) is 21.9. The predicted molar refractivity (Wildman–Crippen MR) is 108 cm³/mol. The Morgan fingerprint density at radius 2 is 1.79 bits per heavy atom. The fraction of sp³-hybridized carbons (Fsp3) is 0.364. The Hall–Kier alpha value is -3.02. The van der Waals surface area contributed by atoms with Crippen LogP contribution in [0.2, 0.25) is 0 Å². The Balaban J connectivity index is 1.31. The van der Waals surface area contributed by atoms with Crippen LogP contribution in [0.3, 0.4) is 0 Å². The SMILES string of the molecule is O=C1OC[C@H](c2ccc(N(C3CC3)C3CC3)cc2)N1c1ccc2[nH]cnc2c1. The molecule has 3 aromatic rings. The molecule has 1 aromatic heterocycles. The molecule has 2 saturated carbocycles. The highest BCUT2D eigenvalue weighted by atomic mass is 16.6. The van der Waals surface area contributed by atoms with Crippen molar-refractivity contribution < 1.29 is 9.53 Å². The molecule has 1 N–H and O–H groups in total. The van der Waals surface area contributed by atoms with Crippen LogP contribution in [0.5, 0.6) is 0 Å². The summed E-state index contributed by atoms with van der Waals surface area (Å²) in [5, 5.41) is 0. The van der Waals surface area contributed by atoms with E-state index in [0.29, 0.717) is 6.61 Å². The summed E-state index contributed by atoms with van der Waals surface area (Å²) >= 11 is 0. The zero-order valence-electron chi connectivity index (χ0n) is 15.5. The number of carbonyl (C=O) groups is 1. The van der Waals surface area contributed by atoms with Crippen LogP contribution in [0.1, 0.15) is 37.3 Å². The zero-order valence-corrected chi connectivity index (χ0v) is 15.5. The van der Waals surface area contributed by atoms with E-state index in [4.69, 9.17) is 4.74 Å². The number of cyclic esters (lactones) is 1. The minimum absolute atomic E-state index is 0.117. The molecule has 142 valence electrons. The summed E-state index contributed by atoms with van der Waals surface area (Å²) in [5.74, 6) is 0. The number of benzene rings is 2. The van der Waals surface area contributed by atoms with E-state index in [-0.39, 0.29) is 12.1 Å². The van der Waals surface area contributed by atoms with Crippen molar-refractivity contribution >= 4 is 28.5 Å². The smallest absolute Gasteiger partial charge is 0.415 e.